The van der Waals surface area contributed by atoms with Gasteiger partial charge in [-0.3, -0.25) is 9.69 Å². The van der Waals surface area contributed by atoms with E-state index in [4.69, 9.17) is 10.5 Å². The maximum atomic E-state index is 12.0. The van der Waals surface area contributed by atoms with Crippen molar-refractivity contribution in [3.05, 3.63) is 51.8 Å². The zero-order valence-electron chi connectivity index (χ0n) is 12.2. The Morgan fingerprint density at radius 1 is 1.26 bits per heavy atom. The summed E-state index contributed by atoms with van der Waals surface area (Å²) < 4.78 is 5.13. The number of ether oxygens (including phenoxy) is 1. The minimum atomic E-state index is -0.569. The van der Waals surface area contributed by atoms with Gasteiger partial charge < -0.3 is 10.5 Å². The second-order valence-electron chi connectivity index (χ2n) is 4.97. The van der Waals surface area contributed by atoms with Gasteiger partial charge in [0, 0.05) is 0 Å². The van der Waals surface area contributed by atoms with Crippen molar-refractivity contribution in [3.8, 4) is 17.9 Å². The van der Waals surface area contributed by atoms with Crippen LogP contribution in [0.4, 0.5) is 0 Å². The molecule has 7 heteroatoms. The lowest BCUT2D eigenvalue weighted by molar-refractivity contribution is -0.124. The van der Waals surface area contributed by atoms with Crippen LogP contribution in [-0.2, 0) is 4.79 Å². The topological polar surface area (TPSA) is 103 Å². The summed E-state index contributed by atoms with van der Waals surface area (Å²) in [5, 5.41) is 19.6. The van der Waals surface area contributed by atoms with E-state index in [1.807, 2.05) is 0 Å². The summed E-state index contributed by atoms with van der Waals surface area (Å²) in [6, 6.07) is 11.3. The zero-order chi connectivity index (χ0) is 16.6. The summed E-state index contributed by atoms with van der Waals surface area (Å²) in [4.78, 5) is 13.3. The highest BCUT2D eigenvalue weighted by molar-refractivity contribution is 8.04. The number of benzene rings is 1. The standard InChI is InChI=1S/C16H12N4O2S/c1-22-10-4-2-9(3-5-10)14-11(6-17)15(19)20-13(21)8-23-16(20)12(14)7-18/h2-5,14H,8,19H2,1H3. The van der Waals surface area contributed by atoms with Crippen LogP contribution in [0.3, 0.4) is 0 Å². The first-order valence-electron chi connectivity index (χ1n) is 6.76. The molecule has 2 aliphatic heterocycles. The van der Waals surface area contributed by atoms with Gasteiger partial charge in [0.15, 0.2) is 0 Å². The van der Waals surface area contributed by atoms with E-state index in [2.05, 4.69) is 12.1 Å². The first kappa shape index (κ1) is 15.0. The number of rotatable bonds is 2. The molecule has 0 spiro atoms. The van der Waals surface area contributed by atoms with Crippen LogP contribution in [0.5, 0.6) is 5.75 Å². The van der Waals surface area contributed by atoms with Crippen LogP contribution < -0.4 is 10.5 Å². The fourth-order valence-electron chi connectivity index (χ4n) is 2.71. The second kappa shape index (κ2) is 5.71. The summed E-state index contributed by atoms with van der Waals surface area (Å²) in [7, 11) is 1.57. The number of fused-ring (bicyclic) bond motifs is 1. The van der Waals surface area contributed by atoms with Crippen LogP contribution in [0.15, 0.2) is 46.3 Å². The Labute approximate surface area is 137 Å². The molecule has 2 heterocycles. The highest BCUT2D eigenvalue weighted by Gasteiger charge is 2.41. The Morgan fingerprint density at radius 3 is 2.48 bits per heavy atom. The maximum Gasteiger partial charge on any atom is 0.243 e. The number of allylic oxidation sites excluding steroid dienone is 2. The summed E-state index contributed by atoms with van der Waals surface area (Å²) in [5.74, 6) is 0.224. The lowest BCUT2D eigenvalue weighted by Gasteiger charge is -2.29. The number of nitriles is 2. The molecule has 0 radical (unpaired) electrons. The van der Waals surface area contributed by atoms with Gasteiger partial charge in [0.25, 0.3) is 0 Å². The Balaban J connectivity index is 2.19. The van der Waals surface area contributed by atoms with Crippen molar-refractivity contribution in [2.75, 3.05) is 12.9 Å². The first-order chi connectivity index (χ1) is 11.1. The van der Waals surface area contributed by atoms with Crippen molar-refractivity contribution >= 4 is 17.7 Å². The molecule has 0 aromatic heterocycles. The molecular weight excluding hydrogens is 312 g/mol. The molecule has 23 heavy (non-hydrogen) atoms. The van der Waals surface area contributed by atoms with E-state index < -0.39 is 5.92 Å². The zero-order valence-corrected chi connectivity index (χ0v) is 13.1. The Hall–Kier alpha value is -2.90. The minimum Gasteiger partial charge on any atom is -0.497 e. The molecule has 1 aromatic carbocycles. The normalized spacial score (nSPS) is 20.2. The number of amides is 1. The summed E-state index contributed by atoms with van der Waals surface area (Å²) in [6.07, 6.45) is 0. The van der Waals surface area contributed by atoms with Gasteiger partial charge in [0.1, 0.15) is 11.6 Å². The van der Waals surface area contributed by atoms with Gasteiger partial charge in [-0.1, -0.05) is 23.9 Å². The molecular formula is C16H12N4O2S. The van der Waals surface area contributed by atoms with E-state index in [0.717, 1.165) is 5.56 Å². The minimum absolute atomic E-state index is 0.109. The monoisotopic (exact) mass is 324 g/mol. The van der Waals surface area contributed by atoms with Gasteiger partial charge in [0.2, 0.25) is 5.91 Å². The molecule has 1 fully saturated rings. The number of carbonyl (C=O) groups is 1. The van der Waals surface area contributed by atoms with Crippen molar-refractivity contribution in [2.45, 2.75) is 5.92 Å². The number of nitrogens with two attached hydrogens (primary N) is 1. The molecule has 6 nitrogen and oxygen atoms in total. The number of methoxy groups -OCH3 is 1. The van der Waals surface area contributed by atoms with E-state index in [0.29, 0.717) is 16.4 Å². The van der Waals surface area contributed by atoms with Gasteiger partial charge in [0.05, 0.1) is 47.1 Å². The van der Waals surface area contributed by atoms with E-state index in [1.54, 1.807) is 31.4 Å². The van der Waals surface area contributed by atoms with Gasteiger partial charge in [-0.15, -0.1) is 0 Å². The third kappa shape index (κ3) is 2.23. The molecule has 2 aliphatic rings. The van der Waals surface area contributed by atoms with Crippen LogP contribution in [0.25, 0.3) is 0 Å². The average molecular weight is 324 g/mol. The quantitative estimate of drug-likeness (QED) is 0.889. The summed E-state index contributed by atoms with van der Waals surface area (Å²) in [6.45, 7) is 0. The van der Waals surface area contributed by atoms with Crippen LogP contribution in [-0.4, -0.2) is 23.7 Å². The smallest absolute Gasteiger partial charge is 0.243 e. The molecule has 1 atom stereocenters. The fourth-order valence-corrected chi connectivity index (χ4v) is 3.75. The van der Waals surface area contributed by atoms with Crippen LogP contribution in [0, 0.1) is 22.7 Å². The van der Waals surface area contributed by atoms with E-state index >= 15 is 0 Å². The van der Waals surface area contributed by atoms with Gasteiger partial charge in [-0.05, 0) is 17.7 Å². The molecule has 1 unspecified atom stereocenters. The number of carbonyl (C=O) groups excluding carboxylic acids is 1. The van der Waals surface area contributed by atoms with E-state index in [1.165, 1.54) is 16.7 Å². The molecule has 2 N–H and O–H groups in total. The second-order valence-corrected chi connectivity index (χ2v) is 5.93. The Morgan fingerprint density at radius 2 is 1.91 bits per heavy atom. The molecule has 0 aliphatic carbocycles. The third-order valence-electron chi connectivity index (χ3n) is 3.80. The summed E-state index contributed by atoms with van der Waals surface area (Å²) in [5.41, 5.74) is 7.39. The molecule has 0 saturated carbocycles. The van der Waals surface area contributed by atoms with Crippen molar-refractivity contribution in [2.24, 2.45) is 5.73 Å². The molecule has 1 aromatic rings. The van der Waals surface area contributed by atoms with Crippen molar-refractivity contribution < 1.29 is 9.53 Å². The SMILES string of the molecule is COc1ccc(C2C(C#N)=C(N)N3C(=O)CSC3=C2C#N)cc1. The van der Waals surface area contributed by atoms with Crippen molar-refractivity contribution in [3.63, 3.8) is 0 Å². The molecule has 3 rings (SSSR count). The lowest BCUT2D eigenvalue weighted by atomic mass is 9.83. The molecule has 114 valence electrons. The van der Waals surface area contributed by atoms with Crippen LogP contribution in [0.1, 0.15) is 11.5 Å². The number of thioether (sulfide) groups is 1. The van der Waals surface area contributed by atoms with E-state index in [9.17, 15) is 15.3 Å². The Bertz CT molecular complexity index is 827. The number of hydrogen-bond donors (Lipinski definition) is 1. The Kier molecular flexibility index (Phi) is 3.73. The van der Waals surface area contributed by atoms with E-state index in [-0.39, 0.29) is 23.1 Å². The number of nitrogens with zero attached hydrogens (tertiary/aromatic N) is 3. The lowest BCUT2D eigenvalue weighted by Crippen LogP contribution is -2.35. The molecule has 0 bridgehead atoms. The highest BCUT2D eigenvalue weighted by atomic mass is 32.2. The highest BCUT2D eigenvalue weighted by Crippen LogP contribution is 2.46. The maximum absolute atomic E-state index is 12.0. The fraction of sp³-hybridized carbons (Fsp3) is 0.188. The van der Waals surface area contributed by atoms with Crippen molar-refractivity contribution in [1.29, 1.82) is 10.5 Å². The summed E-state index contributed by atoms with van der Waals surface area (Å²) >= 11 is 1.27. The van der Waals surface area contributed by atoms with Gasteiger partial charge in [-0.25, -0.2) is 0 Å². The number of hydrogen-bond acceptors (Lipinski definition) is 6. The van der Waals surface area contributed by atoms with Gasteiger partial charge in [-0.2, -0.15) is 10.5 Å². The molecule has 1 saturated heterocycles. The first-order valence-corrected chi connectivity index (χ1v) is 7.74. The largest absolute Gasteiger partial charge is 0.497 e. The third-order valence-corrected chi connectivity index (χ3v) is 4.87. The van der Waals surface area contributed by atoms with Crippen LogP contribution >= 0.6 is 11.8 Å². The predicted octanol–water partition coefficient (Wildman–Crippen LogP) is 1.80. The average Bonchev–Trinajstić information content (AvgIpc) is 2.97. The molecule has 1 amide bonds. The van der Waals surface area contributed by atoms with Crippen molar-refractivity contribution in [1.82, 2.24) is 4.90 Å². The van der Waals surface area contributed by atoms with Gasteiger partial charge >= 0.3 is 0 Å². The predicted molar refractivity (Wildman–Crippen MR) is 84.5 cm³/mol. The van der Waals surface area contributed by atoms with Crippen LogP contribution in [0.2, 0.25) is 0 Å².